The molecule has 0 saturated heterocycles. The quantitative estimate of drug-likeness (QED) is 0.221. The number of nitrogens with one attached hydrogen (secondary N) is 2. The van der Waals surface area contributed by atoms with Gasteiger partial charge in [0.25, 0.3) is 0 Å². The molecule has 9 rings (SSSR count). The summed E-state index contributed by atoms with van der Waals surface area (Å²) in [7, 11) is 0. The van der Waals surface area contributed by atoms with Crippen LogP contribution >= 0.6 is 11.3 Å². The molecule has 4 heteroatoms. The maximum absolute atomic E-state index is 3.79. The predicted molar refractivity (Wildman–Crippen MR) is 183 cm³/mol. The fourth-order valence-electron chi connectivity index (χ4n) is 6.59. The number of fused-ring (bicyclic) bond motifs is 7. The predicted octanol–water partition coefficient (Wildman–Crippen LogP) is 10.1. The minimum Gasteiger partial charge on any atom is -0.352 e. The first kappa shape index (κ1) is 24.3. The summed E-state index contributed by atoms with van der Waals surface area (Å²) in [4.78, 5) is 0. The lowest BCUT2D eigenvalue weighted by molar-refractivity contribution is 0.467. The molecule has 8 aromatic rings. The van der Waals surface area contributed by atoms with Crippen molar-refractivity contribution in [1.82, 2.24) is 15.2 Å². The molecule has 0 spiro atoms. The van der Waals surface area contributed by atoms with Crippen molar-refractivity contribution in [2.75, 3.05) is 0 Å². The van der Waals surface area contributed by atoms with Crippen molar-refractivity contribution in [2.24, 2.45) is 0 Å². The van der Waals surface area contributed by atoms with E-state index in [1.807, 2.05) is 11.3 Å². The Kier molecular flexibility index (Phi) is 5.43. The van der Waals surface area contributed by atoms with E-state index in [0.717, 1.165) is 11.3 Å². The largest absolute Gasteiger partial charge is 0.352 e. The SMILES string of the molecule is C1=C(c2cccc(-c3ccc(-c4ccccc4)cc3)c2)NC(n2c3ccccc3c3c4sc5ccccc5c4ccc32)N1. The molecule has 2 aromatic heterocycles. The summed E-state index contributed by atoms with van der Waals surface area (Å²) in [6, 6.07) is 50.2. The molecule has 6 aromatic carbocycles. The maximum atomic E-state index is 3.79. The Morgan fingerprint density at radius 2 is 1.19 bits per heavy atom. The van der Waals surface area contributed by atoms with E-state index in [1.54, 1.807) is 0 Å². The zero-order valence-electron chi connectivity index (χ0n) is 23.3. The number of benzene rings is 6. The summed E-state index contributed by atoms with van der Waals surface area (Å²) in [5.74, 6) is 0. The van der Waals surface area contributed by atoms with Crippen molar-refractivity contribution in [2.45, 2.75) is 6.29 Å². The van der Waals surface area contributed by atoms with Gasteiger partial charge in [-0.15, -0.1) is 11.3 Å². The van der Waals surface area contributed by atoms with E-state index in [2.05, 4.69) is 161 Å². The summed E-state index contributed by atoms with van der Waals surface area (Å²) >= 11 is 1.89. The average Bonchev–Trinajstić information content (AvgIpc) is 3.79. The number of hydrogen-bond donors (Lipinski definition) is 2. The van der Waals surface area contributed by atoms with Crippen molar-refractivity contribution in [3.8, 4) is 22.3 Å². The van der Waals surface area contributed by atoms with Gasteiger partial charge < -0.3 is 15.2 Å². The molecule has 0 bridgehead atoms. The Morgan fingerprint density at radius 3 is 2.05 bits per heavy atom. The van der Waals surface area contributed by atoms with Crippen LogP contribution in [0.15, 0.2) is 146 Å². The molecule has 3 nitrogen and oxygen atoms in total. The highest BCUT2D eigenvalue weighted by molar-refractivity contribution is 7.26. The van der Waals surface area contributed by atoms with Crippen LogP contribution in [0.2, 0.25) is 0 Å². The fraction of sp³-hybridized carbons (Fsp3) is 0.0256. The molecule has 0 amide bonds. The molecule has 1 aliphatic rings. The van der Waals surface area contributed by atoms with E-state index in [0.29, 0.717) is 0 Å². The fourth-order valence-corrected chi connectivity index (χ4v) is 7.85. The highest BCUT2D eigenvalue weighted by Gasteiger charge is 2.24. The molecule has 0 saturated carbocycles. The number of para-hydroxylation sites is 1. The zero-order chi connectivity index (χ0) is 28.3. The lowest BCUT2D eigenvalue weighted by atomic mass is 9.99. The van der Waals surface area contributed by atoms with Crippen LogP contribution in [0.5, 0.6) is 0 Å². The maximum Gasteiger partial charge on any atom is 0.180 e. The molecule has 204 valence electrons. The second-order valence-corrected chi connectivity index (χ2v) is 12.2. The third-order valence-electron chi connectivity index (χ3n) is 8.65. The monoisotopic (exact) mass is 569 g/mol. The van der Waals surface area contributed by atoms with E-state index >= 15 is 0 Å². The van der Waals surface area contributed by atoms with Crippen LogP contribution in [-0.4, -0.2) is 4.57 Å². The number of thiophene rings is 1. The van der Waals surface area contributed by atoms with Gasteiger partial charge in [-0.1, -0.05) is 115 Å². The number of hydrogen-bond acceptors (Lipinski definition) is 3. The summed E-state index contributed by atoms with van der Waals surface area (Å²) in [5.41, 5.74) is 9.56. The molecule has 0 fully saturated rings. The van der Waals surface area contributed by atoms with Gasteiger partial charge in [-0.3, -0.25) is 0 Å². The summed E-state index contributed by atoms with van der Waals surface area (Å²) in [6.45, 7) is 0. The van der Waals surface area contributed by atoms with Gasteiger partial charge in [0.1, 0.15) is 0 Å². The Labute approximate surface area is 253 Å². The first-order valence-electron chi connectivity index (χ1n) is 14.6. The minimum absolute atomic E-state index is 0.0990. The van der Waals surface area contributed by atoms with E-state index in [9.17, 15) is 0 Å². The molecule has 1 atom stereocenters. The Bertz CT molecular complexity index is 2340. The van der Waals surface area contributed by atoms with Gasteiger partial charge in [0.2, 0.25) is 0 Å². The van der Waals surface area contributed by atoms with Crippen molar-refractivity contribution >= 4 is 59.0 Å². The van der Waals surface area contributed by atoms with Gasteiger partial charge in [0.15, 0.2) is 6.29 Å². The van der Waals surface area contributed by atoms with E-state index in [1.165, 1.54) is 64.2 Å². The van der Waals surface area contributed by atoms with Gasteiger partial charge >= 0.3 is 0 Å². The smallest absolute Gasteiger partial charge is 0.180 e. The summed E-state index contributed by atoms with van der Waals surface area (Å²) in [6.07, 6.45) is 2.01. The first-order chi connectivity index (χ1) is 21.3. The Hall–Kier alpha value is -5.32. The van der Waals surface area contributed by atoms with Crippen LogP contribution in [0.1, 0.15) is 11.9 Å². The van der Waals surface area contributed by atoms with Crippen LogP contribution in [0.25, 0.3) is 69.9 Å². The highest BCUT2D eigenvalue weighted by atomic mass is 32.1. The molecule has 1 aliphatic heterocycles. The second kappa shape index (κ2) is 9.62. The van der Waals surface area contributed by atoms with Gasteiger partial charge in [-0.05, 0) is 52.1 Å². The average molecular weight is 570 g/mol. The second-order valence-electron chi connectivity index (χ2n) is 11.1. The molecule has 0 radical (unpaired) electrons. The van der Waals surface area contributed by atoms with Gasteiger partial charge in [-0.2, -0.15) is 0 Å². The van der Waals surface area contributed by atoms with Crippen molar-refractivity contribution < 1.29 is 0 Å². The normalized spacial score (nSPS) is 14.8. The van der Waals surface area contributed by atoms with Gasteiger partial charge in [-0.25, -0.2) is 0 Å². The van der Waals surface area contributed by atoms with Gasteiger partial charge in [0, 0.05) is 37.1 Å². The lowest BCUT2D eigenvalue weighted by Gasteiger charge is -2.19. The van der Waals surface area contributed by atoms with E-state index in [-0.39, 0.29) is 6.29 Å². The number of rotatable bonds is 4. The highest BCUT2D eigenvalue weighted by Crippen LogP contribution is 2.43. The van der Waals surface area contributed by atoms with Crippen molar-refractivity contribution in [1.29, 1.82) is 0 Å². The van der Waals surface area contributed by atoms with E-state index < -0.39 is 0 Å². The van der Waals surface area contributed by atoms with Crippen molar-refractivity contribution in [3.05, 3.63) is 151 Å². The topological polar surface area (TPSA) is 29.0 Å². The third-order valence-corrected chi connectivity index (χ3v) is 9.86. The molecule has 0 aliphatic carbocycles. The van der Waals surface area contributed by atoms with Crippen LogP contribution in [0.3, 0.4) is 0 Å². The van der Waals surface area contributed by atoms with Gasteiger partial charge in [0.05, 0.1) is 16.7 Å². The van der Waals surface area contributed by atoms with Crippen LogP contribution < -0.4 is 10.6 Å². The molecule has 3 heterocycles. The molecular formula is C39H27N3S. The molecule has 1 unspecified atom stereocenters. The third kappa shape index (κ3) is 3.88. The summed E-state index contributed by atoms with van der Waals surface area (Å²) in [5, 5.41) is 12.7. The van der Waals surface area contributed by atoms with Crippen LogP contribution in [0.4, 0.5) is 0 Å². The molecule has 2 N–H and O–H groups in total. The van der Waals surface area contributed by atoms with Crippen LogP contribution in [-0.2, 0) is 0 Å². The Morgan fingerprint density at radius 1 is 0.512 bits per heavy atom. The first-order valence-corrected chi connectivity index (χ1v) is 15.5. The van der Waals surface area contributed by atoms with Crippen LogP contribution in [0, 0.1) is 0 Å². The zero-order valence-corrected chi connectivity index (χ0v) is 24.1. The standard InChI is InChI=1S/C39H27N3S/c1-2-9-25(10-3-1)26-17-19-27(20-18-26)28-11-8-12-29(23-28)33-24-40-39(41-33)42-34-15-6-4-14-32(34)37-35(42)22-21-31-30-13-5-7-16-36(30)43-38(31)37/h1-24,39-41H. The van der Waals surface area contributed by atoms with E-state index in [4.69, 9.17) is 0 Å². The molecule has 43 heavy (non-hydrogen) atoms. The number of nitrogens with zero attached hydrogens (tertiary/aromatic N) is 1. The minimum atomic E-state index is -0.0990. The van der Waals surface area contributed by atoms with Crippen molar-refractivity contribution in [3.63, 3.8) is 0 Å². The Balaban J connectivity index is 1.07. The number of aromatic nitrogens is 1. The summed E-state index contributed by atoms with van der Waals surface area (Å²) < 4.78 is 5.09. The lowest BCUT2D eigenvalue weighted by Crippen LogP contribution is -2.28. The molecular weight excluding hydrogens is 543 g/mol.